The largest absolute Gasteiger partial charge is 0.381 e. The van der Waals surface area contributed by atoms with E-state index in [1.54, 1.807) is 11.3 Å². The van der Waals surface area contributed by atoms with Gasteiger partial charge in [-0.25, -0.2) is 18.4 Å². The van der Waals surface area contributed by atoms with Gasteiger partial charge in [0.2, 0.25) is 0 Å². The van der Waals surface area contributed by atoms with E-state index in [2.05, 4.69) is 15.3 Å². The lowest BCUT2D eigenvalue weighted by Crippen LogP contribution is -2.41. The summed E-state index contributed by atoms with van der Waals surface area (Å²) in [5, 5.41) is 6.30. The van der Waals surface area contributed by atoms with Crippen molar-refractivity contribution in [1.29, 1.82) is 0 Å². The number of fused-ring (bicyclic) bond motifs is 1. The van der Waals surface area contributed by atoms with Crippen LogP contribution in [-0.4, -0.2) is 50.2 Å². The molecule has 2 aromatic rings. The van der Waals surface area contributed by atoms with Crippen molar-refractivity contribution < 1.29 is 13.2 Å². The third kappa shape index (κ3) is 3.56. The van der Waals surface area contributed by atoms with Crippen molar-refractivity contribution in [2.24, 2.45) is 5.41 Å². The fourth-order valence-corrected chi connectivity index (χ4v) is 5.17. The minimum Gasteiger partial charge on any atom is -0.381 e. The van der Waals surface area contributed by atoms with Crippen molar-refractivity contribution >= 4 is 37.2 Å². The van der Waals surface area contributed by atoms with Gasteiger partial charge in [-0.2, -0.15) is 0 Å². The highest BCUT2D eigenvalue weighted by Crippen LogP contribution is 2.33. The molecule has 1 fully saturated rings. The number of anilines is 1. The van der Waals surface area contributed by atoms with Gasteiger partial charge in [0.05, 0.1) is 11.1 Å². The van der Waals surface area contributed by atoms with Crippen molar-refractivity contribution in [2.45, 2.75) is 12.8 Å². The smallest absolute Gasteiger partial charge is 0.148 e. The highest BCUT2D eigenvalue weighted by molar-refractivity contribution is 7.90. The predicted octanol–water partition coefficient (Wildman–Crippen LogP) is 1.94. The molecule has 1 N–H and O–H groups in total. The molecule has 0 atom stereocenters. The Balaban J connectivity index is 1.80. The van der Waals surface area contributed by atoms with E-state index in [0.29, 0.717) is 19.8 Å². The first-order chi connectivity index (χ1) is 10.5. The number of rotatable bonds is 5. The molecule has 3 rings (SSSR count). The Morgan fingerprint density at radius 2 is 2.14 bits per heavy atom. The minimum atomic E-state index is -3.04. The van der Waals surface area contributed by atoms with Crippen molar-refractivity contribution in [3.05, 3.63) is 17.8 Å². The number of aromatic nitrogens is 2. The summed E-state index contributed by atoms with van der Waals surface area (Å²) in [6, 6.07) is 1.98. The fourth-order valence-electron chi connectivity index (χ4n) is 2.93. The molecule has 1 saturated heterocycles. The van der Waals surface area contributed by atoms with Crippen molar-refractivity contribution in [3.8, 4) is 0 Å². The number of hydrogen-bond acceptors (Lipinski definition) is 7. The molecule has 0 radical (unpaired) electrons. The SMILES string of the molecule is CS(=O)(=O)CC1(CNc2ncnc3sccc23)CCOCC1. The van der Waals surface area contributed by atoms with Crippen molar-refractivity contribution in [3.63, 3.8) is 0 Å². The Labute approximate surface area is 133 Å². The summed E-state index contributed by atoms with van der Waals surface area (Å²) in [5.74, 6) is 0.944. The summed E-state index contributed by atoms with van der Waals surface area (Å²) in [6.07, 6.45) is 4.32. The Bertz CT molecular complexity index is 752. The lowest BCUT2D eigenvalue weighted by Gasteiger charge is -2.36. The summed E-state index contributed by atoms with van der Waals surface area (Å²) in [5.41, 5.74) is -0.293. The summed E-state index contributed by atoms with van der Waals surface area (Å²) >= 11 is 1.57. The van der Waals surface area contributed by atoms with Crippen LogP contribution in [0.5, 0.6) is 0 Å². The molecule has 120 valence electrons. The molecule has 3 heterocycles. The van der Waals surface area contributed by atoms with Crippen LogP contribution in [0.1, 0.15) is 12.8 Å². The highest BCUT2D eigenvalue weighted by Gasteiger charge is 2.36. The molecule has 1 aliphatic rings. The van der Waals surface area contributed by atoms with Crippen molar-refractivity contribution in [1.82, 2.24) is 9.97 Å². The van der Waals surface area contributed by atoms with Gasteiger partial charge in [0.1, 0.15) is 26.8 Å². The van der Waals surface area contributed by atoms with Gasteiger partial charge in [0.15, 0.2) is 0 Å². The van der Waals surface area contributed by atoms with Crippen LogP contribution in [-0.2, 0) is 14.6 Å². The van der Waals surface area contributed by atoms with E-state index in [1.165, 1.54) is 12.6 Å². The highest BCUT2D eigenvalue weighted by atomic mass is 32.2. The Morgan fingerprint density at radius 1 is 1.36 bits per heavy atom. The van der Waals surface area contributed by atoms with Gasteiger partial charge in [-0.05, 0) is 24.3 Å². The molecule has 0 unspecified atom stereocenters. The molecule has 0 aromatic carbocycles. The van der Waals surface area contributed by atoms with Crippen molar-refractivity contribution in [2.75, 3.05) is 37.1 Å². The van der Waals surface area contributed by atoms with Gasteiger partial charge < -0.3 is 10.1 Å². The lowest BCUT2D eigenvalue weighted by molar-refractivity contribution is 0.0315. The Kier molecular flexibility index (Phi) is 4.33. The zero-order valence-electron chi connectivity index (χ0n) is 12.4. The maximum absolute atomic E-state index is 11.8. The summed E-state index contributed by atoms with van der Waals surface area (Å²) in [7, 11) is -3.04. The zero-order valence-corrected chi connectivity index (χ0v) is 14.0. The van der Waals surface area contributed by atoms with Gasteiger partial charge in [0.25, 0.3) is 0 Å². The van der Waals surface area contributed by atoms with Crippen LogP contribution in [0, 0.1) is 5.41 Å². The Hall–Kier alpha value is -1.25. The number of nitrogens with zero attached hydrogens (tertiary/aromatic N) is 2. The van der Waals surface area contributed by atoms with Gasteiger partial charge in [0, 0.05) is 31.4 Å². The second-order valence-electron chi connectivity index (χ2n) is 5.90. The molecule has 8 heteroatoms. The summed E-state index contributed by atoms with van der Waals surface area (Å²) in [6.45, 7) is 1.79. The minimum absolute atomic E-state index is 0.175. The molecule has 0 spiro atoms. The van der Waals surface area contributed by atoms with Crippen LogP contribution in [0.25, 0.3) is 10.2 Å². The number of hydrogen-bond donors (Lipinski definition) is 1. The van der Waals surface area contributed by atoms with Gasteiger partial charge in [-0.15, -0.1) is 11.3 Å². The van der Waals surface area contributed by atoms with E-state index in [1.807, 2.05) is 11.4 Å². The normalized spacial score (nSPS) is 18.4. The number of nitrogens with one attached hydrogen (secondary N) is 1. The van der Waals surface area contributed by atoms with E-state index < -0.39 is 9.84 Å². The number of ether oxygens (including phenoxy) is 1. The molecule has 0 aliphatic carbocycles. The number of thiophene rings is 1. The maximum atomic E-state index is 11.8. The maximum Gasteiger partial charge on any atom is 0.148 e. The van der Waals surface area contributed by atoms with Gasteiger partial charge >= 0.3 is 0 Å². The Morgan fingerprint density at radius 3 is 2.86 bits per heavy atom. The van der Waals surface area contributed by atoms with Gasteiger partial charge in [-0.3, -0.25) is 0 Å². The van der Waals surface area contributed by atoms with E-state index in [9.17, 15) is 8.42 Å². The quantitative estimate of drug-likeness (QED) is 0.895. The average molecular weight is 341 g/mol. The third-order valence-corrected chi connectivity index (χ3v) is 5.97. The molecule has 2 aromatic heterocycles. The number of sulfone groups is 1. The van der Waals surface area contributed by atoms with Gasteiger partial charge in [-0.1, -0.05) is 0 Å². The van der Waals surface area contributed by atoms with E-state index in [4.69, 9.17) is 4.74 Å². The standard InChI is InChI=1S/C14H19N3O3S2/c1-22(18,19)9-14(3-5-20-6-4-14)8-15-12-11-2-7-21-13(11)17-10-16-12/h2,7,10H,3-6,8-9H2,1H3,(H,15,16,17). The van der Waals surface area contributed by atoms with E-state index in [0.717, 1.165) is 28.9 Å². The van der Waals surface area contributed by atoms with Crippen LogP contribution < -0.4 is 5.32 Å². The molecule has 22 heavy (non-hydrogen) atoms. The molecular formula is C14H19N3O3S2. The zero-order chi connectivity index (χ0) is 15.6. The first-order valence-electron chi connectivity index (χ1n) is 7.15. The monoisotopic (exact) mass is 341 g/mol. The summed E-state index contributed by atoms with van der Waals surface area (Å²) in [4.78, 5) is 9.45. The van der Waals surface area contributed by atoms with E-state index in [-0.39, 0.29) is 11.2 Å². The molecule has 0 bridgehead atoms. The second kappa shape index (κ2) is 6.10. The predicted molar refractivity (Wildman–Crippen MR) is 88.1 cm³/mol. The fraction of sp³-hybridized carbons (Fsp3) is 0.571. The summed E-state index contributed by atoms with van der Waals surface area (Å²) < 4.78 is 29.0. The molecule has 0 saturated carbocycles. The lowest BCUT2D eigenvalue weighted by atomic mass is 9.82. The van der Waals surface area contributed by atoms with Crippen LogP contribution >= 0.6 is 11.3 Å². The first-order valence-corrected chi connectivity index (χ1v) is 10.1. The third-order valence-electron chi connectivity index (χ3n) is 4.01. The topological polar surface area (TPSA) is 81.2 Å². The van der Waals surface area contributed by atoms with Crippen LogP contribution in [0.3, 0.4) is 0 Å². The molecule has 0 amide bonds. The molecule has 1 aliphatic heterocycles. The first kappa shape index (κ1) is 15.6. The van der Waals surface area contributed by atoms with E-state index >= 15 is 0 Å². The van der Waals surface area contributed by atoms with Crippen LogP contribution in [0.4, 0.5) is 5.82 Å². The molecular weight excluding hydrogens is 322 g/mol. The van der Waals surface area contributed by atoms with Crippen LogP contribution in [0.2, 0.25) is 0 Å². The second-order valence-corrected chi connectivity index (χ2v) is 8.93. The average Bonchev–Trinajstić information content (AvgIpc) is 2.93. The molecule has 6 nitrogen and oxygen atoms in total. The van der Waals surface area contributed by atoms with Crippen LogP contribution in [0.15, 0.2) is 17.8 Å².